The summed E-state index contributed by atoms with van der Waals surface area (Å²) in [7, 11) is 1.49. The van der Waals surface area contributed by atoms with Gasteiger partial charge in [0.25, 0.3) is 0 Å². The summed E-state index contributed by atoms with van der Waals surface area (Å²) in [6.45, 7) is 0.349. The smallest absolute Gasteiger partial charge is 0.244 e. The molecule has 0 radical (unpaired) electrons. The maximum Gasteiger partial charge on any atom is 0.244 e. The number of rotatable bonds is 4. The van der Waals surface area contributed by atoms with Crippen molar-refractivity contribution in [2.45, 2.75) is 6.61 Å². The van der Waals surface area contributed by atoms with Gasteiger partial charge in [-0.05, 0) is 17.7 Å². The van der Waals surface area contributed by atoms with Crippen LogP contribution in [0.5, 0.6) is 11.8 Å². The molecule has 1 aromatic carbocycles. The van der Waals surface area contributed by atoms with Crippen LogP contribution >= 0.6 is 11.6 Å². The largest absolute Gasteiger partial charge is 0.479 e. The van der Waals surface area contributed by atoms with E-state index < -0.39 is 0 Å². The van der Waals surface area contributed by atoms with Crippen LogP contribution in [0.1, 0.15) is 5.56 Å². The molecule has 0 atom stereocenters. The van der Waals surface area contributed by atoms with Gasteiger partial charge in [-0.2, -0.15) is 9.97 Å². The van der Waals surface area contributed by atoms with Crippen LogP contribution < -0.4 is 15.2 Å². The molecule has 5 nitrogen and oxygen atoms in total. The second-order valence-corrected chi connectivity index (χ2v) is 3.95. The number of nitrogens with two attached hydrogens (primary N) is 1. The van der Waals surface area contributed by atoms with Gasteiger partial charge in [0, 0.05) is 5.02 Å². The summed E-state index contributed by atoms with van der Waals surface area (Å²) >= 11 is 5.80. The zero-order valence-electron chi connectivity index (χ0n) is 9.76. The van der Waals surface area contributed by atoms with Crippen LogP contribution in [0.25, 0.3) is 0 Å². The molecule has 0 amide bonds. The monoisotopic (exact) mass is 265 g/mol. The minimum Gasteiger partial charge on any atom is -0.479 e. The Morgan fingerprint density at radius 2 is 1.83 bits per heavy atom. The summed E-state index contributed by atoms with van der Waals surface area (Å²) in [5, 5.41) is 0.682. The molecule has 2 rings (SSSR count). The van der Waals surface area contributed by atoms with Gasteiger partial charge in [0.2, 0.25) is 11.8 Å². The van der Waals surface area contributed by atoms with Crippen LogP contribution in [0.4, 0.5) is 5.69 Å². The predicted molar refractivity (Wildman–Crippen MR) is 68.8 cm³/mol. The topological polar surface area (TPSA) is 70.3 Å². The van der Waals surface area contributed by atoms with Crippen LogP contribution in [0, 0.1) is 0 Å². The Bertz CT molecular complexity index is 531. The highest BCUT2D eigenvalue weighted by Gasteiger charge is 2.09. The Morgan fingerprint density at radius 1 is 1.17 bits per heavy atom. The molecule has 0 aliphatic rings. The normalized spacial score (nSPS) is 10.1. The number of ether oxygens (including phenoxy) is 2. The summed E-state index contributed by atoms with van der Waals surface area (Å²) in [6, 6.07) is 7.34. The summed E-state index contributed by atoms with van der Waals surface area (Å²) in [4.78, 5) is 7.82. The number of halogens is 1. The van der Waals surface area contributed by atoms with E-state index >= 15 is 0 Å². The molecular formula is C12H12ClN3O2. The van der Waals surface area contributed by atoms with E-state index in [1.165, 1.54) is 13.4 Å². The highest BCUT2D eigenvalue weighted by atomic mass is 35.5. The van der Waals surface area contributed by atoms with Crippen LogP contribution in [0.2, 0.25) is 5.02 Å². The Labute approximate surface area is 110 Å². The molecular weight excluding hydrogens is 254 g/mol. The van der Waals surface area contributed by atoms with Gasteiger partial charge in [0.1, 0.15) is 12.9 Å². The lowest BCUT2D eigenvalue weighted by Crippen LogP contribution is -2.03. The van der Waals surface area contributed by atoms with E-state index in [0.29, 0.717) is 23.4 Å². The van der Waals surface area contributed by atoms with E-state index in [-0.39, 0.29) is 5.69 Å². The fourth-order valence-electron chi connectivity index (χ4n) is 1.37. The SMILES string of the molecule is COc1ncnc(OCc2ccc(Cl)cc2)c1N. The molecule has 0 aliphatic heterocycles. The van der Waals surface area contributed by atoms with Crippen LogP contribution in [0.15, 0.2) is 30.6 Å². The van der Waals surface area contributed by atoms with Gasteiger partial charge >= 0.3 is 0 Å². The molecule has 94 valence electrons. The third-order valence-corrected chi connectivity index (χ3v) is 2.54. The maximum absolute atomic E-state index is 5.80. The maximum atomic E-state index is 5.80. The molecule has 2 N–H and O–H groups in total. The molecule has 0 fully saturated rings. The number of nitrogen functional groups attached to an aromatic ring is 1. The number of hydrogen-bond donors (Lipinski definition) is 1. The van der Waals surface area contributed by atoms with Gasteiger partial charge in [0.15, 0.2) is 5.69 Å². The number of hydrogen-bond acceptors (Lipinski definition) is 5. The third-order valence-electron chi connectivity index (χ3n) is 2.29. The molecule has 0 unspecified atom stereocenters. The van der Waals surface area contributed by atoms with Crippen molar-refractivity contribution >= 4 is 17.3 Å². The summed E-state index contributed by atoms with van der Waals surface area (Å²) < 4.78 is 10.5. The Kier molecular flexibility index (Phi) is 3.84. The van der Waals surface area contributed by atoms with E-state index in [2.05, 4.69) is 9.97 Å². The Hall–Kier alpha value is -2.01. The fraction of sp³-hybridized carbons (Fsp3) is 0.167. The molecule has 0 saturated carbocycles. The highest BCUT2D eigenvalue weighted by Crippen LogP contribution is 2.26. The predicted octanol–water partition coefficient (Wildman–Crippen LogP) is 2.30. The van der Waals surface area contributed by atoms with Crippen molar-refractivity contribution < 1.29 is 9.47 Å². The molecule has 18 heavy (non-hydrogen) atoms. The average Bonchev–Trinajstić information content (AvgIpc) is 2.39. The number of nitrogens with zero attached hydrogens (tertiary/aromatic N) is 2. The van der Waals surface area contributed by atoms with Crippen molar-refractivity contribution in [3.63, 3.8) is 0 Å². The zero-order valence-corrected chi connectivity index (χ0v) is 10.5. The van der Waals surface area contributed by atoms with E-state index in [4.69, 9.17) is 26.8 Å². The van der Waals surface area contributed by atoms with Gasteiger partial charge in [-0.3, -0.25) is 0 Å². The highest BCUT2D eigenvalue weighted by molar-refractivity contribution is 6.30. The molecule has 6 heteroatoms. The van der Waals surface area contributed by atoms with Crippen molar-refractivity contribution in [1.29, 1.82) is 0 Å². The van der Waals surface area contributed by atoms with Crippen molar-refractivity contribution in [2.24, 2.45) is 0 Å². The third kappa shape index (κ3) is 2.81. The Morgan fingerprint density at radius 3 is 2.50 bits per heavy atom. The number of benzene rings is 1. The molecule has 0 bridgehead atoms. The van der Waals surface area contributed by atoms with E-state index in [0.717, 1.165) is 5.56 Å². The standard InChI is InChI=1S/C12H12ClN3O2/c1-17-11-10(14)12(16-7-15-11)18-6-8-2-4-9(13)5-3-8/h2-5,7H,6,14H2,1H3. The number of anilines is 1. The van der Waals surface area contributed by atoms with E-state index in [1.807, 2.05) is 12.1 Å². The van der Waals surface area contributed by atoms with Crippen LogP contribution in [-0.4, -0.2) is 17.1 Å². The van der Waals surface area contributed by atoms with E-state index in [1.54, 1.807) is 12.1 Å². The van der Waals surface area contributed by atoms with E-state index in [9.17, 15) is 0 Å². The van der Waals surface area contributed by atoms with Crippen LogP contribution in [0.3, 0.4) is 0 Å². The fourth-order valence-corrected chi connectivity index (χ4v) is 1.50. The first-order valence-electron chi connectivity index (χ1n) is 5.22. The van der Waals surface area contributed by atoms with Crippen molar-refractivity contribution in [2.75, 3.05) is 12.8 Å². The first kappa shape index (κ1) is 12.4. The van der Waals surface area contributed by atoms with Crippen molar-refractivity contribution in [3.05, 3.63) is 41.2 Å². The van der Waals surface area contributed by atoms with Gasteiger partial charge in [-0.15, -0.1) is 0 Å². The molecule has 2 aromatic rings. The minimum absolute atomic E-state index is 0.286. The minimum atomic E-state index is 0.286. The lowest BCUT2D eigenvalue weighted by atomic mass is 10.2. The lowest BCUT2D eigenvalue weighted by molar-refractivity contribution is 0.292. The van der Waals surface area contributed by atoms with Gasteiger partial charge in [-0.1, -0.05) is 23.7 Å². The molecule has 1 heterocycles. The van der Waals surface area contributed by atoms with Crippen molar-refractivity contribution in [3.8, 4) is 11.8 Å². The van der Waals surface area contributed by atoms with Crippen molar-refractivity contribution in [1.82, 2.24) is 9.97 Å². The number of aromatic nitrogens is 2. The average molecular weight is 266 g/mol. The number of methoxy groups -OCH3 is 1. The first-order chi connectivity index (χ1) is 8.70. The summed E-state index contributed by atoms with van der Waals surface area (Å²) in [5.74, 6) is 0.605. The molecule has 0 aliphatic carbocycles. The molecule has 1 aromatic heterocycles. The quantitative estimate of drug-likeness (QED) is 0.918. The zero-order chi connectivity index (χ0) is 13.0. The Balaban J connectivity index is 2.08. The van der Waals surface area contributed by atoms with Gasteiger partial charge in [0.05, 0.1) is 7.11 Å². The summed E-state index contributed by atoms with van der Waals surface area (Å²) in [5.41, 5.74) is 7.04. The summed E-state index contributed by atoms with van der Waals surface area (Å²) in [6.07, 6.45) is 1.34. The van der Waals surface area contributed by atoms with Gasteiger partial charge < -0.3 is 15.2 Å². The molecule has 0 saturated heterocycles. The first-order valence-corrected chi connectivity index (χ1v) is 5.60. The van der Waals surface area contributed by atoms with Crippen LogP contribution in [-0.2, 0) is 6.61 Å². The second-order valence-electron chi connectivity index (χ2n) is 3.52. The van der Waals surface area contributed by atoms with Gasteiger partial charge in [-0.25, -0.2) is 0 Å². The second kappa shape index (κ2) is 5.55. The lowest BCUT2D eigenvalue weighted by Gasteiger charge is -2.09. The molecule has 0 spiro atoms.